The number of piperidine rings is 1. The lowest BCUT2D eigenvalue weighted by atomic mass is 9.80. The Hall–Kier alpha value is -1.09. The molecule has 2 fully saturated rings. The highest BCUT2D eigenvalue weighted by Crippen LogP contribution is 2.30. The fourth-order valence-corrected chi connectivity index (χ4v) is 3.31. The molecule has 0 bridgehead atoms. The predicted molar refractivity (Wildman–Crippen MR) is 79.4 cm³/mol. The average molecular weight is 259 g/mol. The molecule has 0 radical (unpaired) electrons. The fourth-order valence-electron chi connectivity index (χ4n) is 3.31. The molecule has 3 nitrogen and oxygen atoms in total. The van der Waals surface area contributed by atoms with E-state index >= 15 is 0 Å². The second-order valence-corrected chi connectivity index (χ2v) is 6.11. The first kappa shape index (κ1) is 12.9. The SMILES string of the molecule is CC(NC1CCN(c2ccncc2)CC1)C1CCC1. The molecule has 0 spiro atoms. The molecule has 1 aliphatic heterocycles. The maximum absolute atomic E-state index is 4.09. The van der Waals surface area contributed by atoms with Gasteiger partial charge in [-0.15, -0.1) is 0 Å². The van der Waals surface area contributed by atoms with Crippen LogP contribution in [0.4, 0.5) is 5.69 Å². The van der Waals surface area contributed by atoms with E-state index in [4.69, 9.17) is 0 Å². The molecule has 1 aliphatic carbocycles. The Labute approximate surface area is 116 Å². The third-order valence-electron chi connectivity index (χ3n) is 4.88. The molecule has 1 saturated carbocycles. The lowest BCUT2D eigenvalue weighted by Crippen LogP contribution is -2.48. The summed E-state index contributed by atoms with van der Waals surface area (Å²) >= 11 is 0. The van der Waals surface area contributed by atoms with E-state index in [-0.39, 0.29) is 0 Å². The topological polar surface area (TPSA) is 28.2 Å². The van der Waals surface area contributed by atoms with Crippen LogP contribution in [0.25, 0.3) is 0 Å². The highest BCUT2D eigenvalue weighted by Gasteiger charge is 2.27. The number of aromatic nitrogens is 1. The van der Waals surface area contributed by atoms with Crippen molar-refractivity contribution in [1.29, 1.82) is 0 Å². The number of hydrogen-bond acceptors (Lipinski definition) is 3. The standard InChI is InChI=1S/C16H25N3/c1-13(14-3-2-4-14)18-15-7-11-19(12-8-15)16-5-9-17-10-6-16/h5-6,9-10,13-15,18H,2-4,7-8,11-12H2,1H3. The van der Waals surface area contributed by atoms with Crippen molar-refractivity contribution >= 4 is 5.69 Å². The maximum atomic E-state index is 4.09. The van der Waals surface area contributed by atoms with Gasteiger partial charge in [-0.1, -0.05) is 6.42 Å². The first-order valence-corrected chi connectivity index (χ1v) is 7.74. The Morgan fingerprint density at radius 3 is 2.42 bits per heavy atom. The summed E-state index contributed by atoms with van der Waals surface area (Å²) in [4.78, 5) is 6.57. The molecule has 0 aromatic carbocycles. The van der Waals surface area contributed by atoms with Crippen molar-refractivity contribution in [1.82, 2.24) is 10.3 Å². The molecule has 1 aromatic rings. The van der Waals surface area contributed by atoms with Gasteiger partial charge in [0.2, 0.25) is 0 Å². The molecule has 1 aromatic heterocycles. The number of nitrogens with one attached hydrogen (secondary N) is 1. The molecule has 2 heterocycles. The van der Waals surface area contributed by atoms with Gasteiger partial charge in [-0.3, -0.25) is 4.98 Å². The van der Waals surface area contributed by atoms with E-state index in [1.165, 1.54) is 50.9 Å². The van der Waals surface area contributed by atoms with E-state index in [1.807, 2.05) is 12.4 Å². The zero-order valence-electron chi connectivity index (χ0n) is 11.9. The van der Waals surface area contributed by atoms with Crippen molar-refractivity contribution in [2.45, 2.75) is 51.1 Å². The minimum atomic E-state index is 0.714. The van der Waals surface area contributed by atoms with E-state index in [0.717, 1.165) is 5.92 Å². The largest absolute Gasteiger partial charge is 0.371 e. The van der Waals surface area contributed by atoms with Gasteiger partial charge in [0, 0.05) is 43.3 Å². The van der Waals surface area contributed by atoms with Gasteiger partial charge < -0.3 is 10.2 Å². The molecule has 1 N–H and O–H groups in total. The highest BCUT2D eigenvalue weighted by molar-refractivity contribution is 5.44. The molecule has 2 aliphatic rings. The summed E-state index contributed by atoms with van der Waals surface area (Å²) in [6, 6.07) is 5.66. The minimum absolute atomic E-state index is 0.714. The summed E-state index contributed by atoms with van der Waals surface area (Å²) in [6.07, 6.45) is 10.6. The first-order chi connectivity index (χ1) is 9.33. The van der Waals surface area contributed by atoms with Gasteiger partial charge in [0.25, 0.3) is 0 Å². The second-order valence-electron chi connectivity index (χ2n) is 6.11. The van der Waals surface area contributed by atoms with Crippen molar-refractivity contribution in [2.24, 2.45) is 5.92 Å². The van der Waals surface area contributed by atoms with E-state index in [2.05, 4.69) is 34.3 Å². The van der Waals surface area contributed by atoms with Gasteiger partial charge in [0.1, 0.15) is 0 Å². The number of pyridine rings is 1. The maximum Gasteiger partial charge on any atom is 0.0397 e. The van der Waals surface area contributed by atoms with Crippen molar-refractivity contribution < 1.29 is 0 Å². The zero-order valence-corrected chi connectivity index (χ0v) is 11.9. The van der Waals surface area contributed by atoms with Crippen LogP contribution in [0.5, 0.6) is 0 Å². The molecule has 1 unspecified atom stereocenters. The molecular formula is C16H25N3. The summed E-state index contributed by atoms with van der Waals surface area (Å²) in [6.45, 7) is 4.71. The van der Waals surface area contributed by atoms with Crippen LogP contribution >= 0.6 is 0 Å². The molecule has 3 heteroatoms. The van der Waals surface area contributed by atoms with Gasteiger partial charge in [0.05, 0.1) is 0 Å². The van der Waals surface area contributed by atoms with Gasteiger partial charge in [-0.2, -0.15) is 0 Å². The smallest absolute Gasteiger partial charge is 0.0397 e. The van der Waals surface area contributed by atoms with Gasteiger partial charge in [-0.25, -0.2) is 0 Å². The van der Waals surface area contributed by atoms with Crippen LogP contribution in [0.1, 0.15) is 39.0 Å². The van der Waals surface area contributed by atoms with Crippen molar-refractivity contribution in [3.63, 3.8) is 0 Å². The van der Waals surface area contributed by atoms with Gasteiger partial charge in [0.15, 0.2) is 0 Å². The third kappa shape index (κ3) is 3.08. The van der Waals surface area contributed by atoms with Crippen LogP contribution in [-0.2, 0) is 0 Å². The molecule has 1 saturated heterocycles. The number of rotatable bonds is 4. The summed E-state index contributed by atoms with van der Waals surface area (Å²) in [5.41, 5.74) is 1.32. The second kappa shape index (κ2) is 5.91. The number of anilines is 1. The Bertz CT molecular complexity index is 380. The van der Waals surface area contributed by atoms with E-state index < -0.39 is 0 Å². The molecule has 1 atom stereocenters. The minimum Gasteiger partial charge on any atom is -0.371 e. The van der Waals surface area contributed by atoms with Crippen LogP contribution in [-0.4, -0.2) is 30.2 Å². The summed E-state index contributed by atoms with van der Waals surface area (Å²) in [7, 11) is 0. The number of hydrogen-bond donors (Lipinski definition) is 1. The predicted octanol–water partition coefficient (Wildman–Crippen LogP) is 2.83. The molecular weight excluding hydrogens is 234 g/mol. The molecule has 104 valence electrons. The van der Waals surface area contributed by atoms with Gasteiger partial charge >= 0.3 is 0 Å². The molecule has 0 amide bonds. The van der Waals surface area contributed by atoms with Crippen LogP contribution in [0.2, 0.25) is 0 Å². The van der Waals surface area contributed by atoms with E-state index in [9.17, 15) is 0 Å². The van der Waals surface area contributed by atoms with Crippen LogP contribution in [0.15, 0.2) is 24.5 Å². The Morgan fingerprint density at radius 1 is 1.16 bits per heavy atom. The van der Waals surface area contributed by atoms with E-state index in [0.29, 0.717) is 12.1 Å². The highest BCUT2D eigenvalue weighted by atomic mass is 15.1. The van der Waals surface area contributed by atoms with Crippen molar-refractivity contribution in [3.05, 3.63) is 24.5 Å². The lowest BCUT2D eigenvalue weighted by molar-refractivity contribution is 0.217. The summed E-state index contributed by atoms with van der Waals surface area (Å²) in [5.74, 6) is 0.943. The normalized spacial score (nSPS) is 23.1. The first-order valence-electron chi connectivity index (χ1n) is 7.74. The Kier molecular flexibility index (Phi) is 4.02. The third-order valence-corrected chi connectivity index (χ3v) is 4.88. The van der Waals surface area contributed by atoms with Crippen LogP contribution in [0, 0.1) is 5.92 Å². The van der Waals surface area contributed by atoms with Crippen molar-refractivity contribution in [2.75, 3.05) is 18.0 Å². The van der Waals surface area contributed by atoms with Crippen LogP contribution in [0.3, 0.4) is 0 Å². The average Bonchev–Trinajstić information content (AvgIpc) is 2.38. The number of nitrogens with zero attached hydrogens (tertiary/aromatic N) is 2. The van der Waals surface area contributed by atoms with E-state index in [1.54, 1.807) is 0 Å². The van der Waals surface area contributed by atoms with Gasteiger partial charge in [-0.05, 0) is 50.7 Å². The zero-order chi connectivity index (χ0) is 13.1. The Balaban J connectivity index is 1.46. The molecule has 3 rings (SSSR count). The fraction of sp³-hybridized carbons (Fsp3) is 0.688. The summed E-state index contributed by atoms with van der Waals surface area (Å²) < 4.78 is 0. The van der Waals surface area contributed by atoms with Crippen LogP contribution < -0.4 is 10.2 Å². The lowest BCUT2D eigenvalue weighted by Gasteiger charge is -2.38. The summed E-state index contributed by atoms with van der Waals surface area (Å²) in [5, 5.41) is 3.85. The van der Waals surface area contributed by atoms with Crippen molar-refractivity contribution in [3.8, 4) is 0 Å². The molecule has 19 heavy (non-hydrogen) atoms. The quantitative estimate of drug-likeness (QED) is 0.901. The Morgan fingerprint density at radius 2 is 1.84 bits per heavy atom. The monoisotopic (exact) mass is 259 g/mol.